The Labute approximate surface area is 221 Å². The molecule has 2 atom stereocenters. The fourth-order valence-electron chi connectivity index (χ4n) is 4.38. The summed E-state index contributed by atoms with van der Waals surface area (Å²) in [6.07, 6.45) is 1.93. The van der Waals surface area contributed by atoms with Crippen LogP contribution >= 0.6 is 0 Å². The second kappa shape index (κ2) is 12.2. The first-order chi connectivity index (χ1) is 18.3. The molecule has 7 heteroatoms. The summed E-state index contributed by atoms with van der Waals surface area (Å²) >= 11 is 0. The summed E-state index contributed by atoms with van der Waals surface area (Å²) in [4.78, 5) is 34.7. The van der Waals surface area contributed by atoms with E-state index in [1.165, 1.54) is 18.6 Å². The molecule has 0 radical (unpaired) electrons. The normalized spacial score (nSPS) is 12.5. The van der Waals surface area contributed by atoms with Crippen molar-refractivity contribution >= 4 is 22.9 Å². The highest BCUT2D eigenvalue weighted by atomic mass is 16.6. The maximum absolute atomic E-state index is 12.3. The lowest BCUT2D eigenvalue weighted by Crippen LogP contribution is -2.17. The number of esters is 2. The van der Waals surface area contributed by atoms with Crippen molar-refractivity contribution in [2.75, 3.05) is 6.61 Å². The maximum atomic E-state index is 12.3. The molecule has 0 N–H and O–H groups in total. The van der Waals surface area contributed by atoms with E-state index in [0.717, 1.165) is 18.4 Å². The number of carbonyl (C=O) groups is 2. The zero-order valence-corrected chi connectivity index (χ0v) is 21.6. The lowest BCUT2D eigenvalue weighted by Gasteiger charge is -2.21. The molecule has 0 amide bonds. The number of rotatable bonds is 10. The van der Waals surface area contributed by atoms with E-state index in [9.17, 15) is 14.4 Å². The van der Waals surface area contributed by atoms with Crippen LogP contribution in [0.3, 0.4) is 0 Å². The van der Waals surface area contributed by atoms with Crippen molar-refractivity contribution in [1.29, 1.82) is 0 Å². The molecular weight excluding hydrogens is 484 g/mol. The lowest BCUT2D eigenvalue weighted by atomic mass is 9.84. The van der Waals surface area contributed by atoms with Gasteiger partial charge >= 0.3 is 17.6 Å². The lowest BCUT2D eigenvalue weighted by molar-refractivity contribution is -0.136. The Kier molecular flexibility index (Phi) is 8.58. The molecule has 0 saturated heterocycles. The van der Waals surface area contributed by atoms with Crippen molar-refractivity contribution in [2.24, 2.45) is 0 Å². The summed E-state index contributed by atoms with van der Waals surface area (Å²) in [6, 6.07) is 23.1. The predicted molar refractivity (Wildman–Crippen MR) is 144 cm³/mol. The molecule has 0 saturated carbocycles. The average Bonchev–Trinajstić information content (AvgIpc) is 2.91. The SMILES string of the molecule is CCC(CC(C)c1ccc(OC(=O)COc2ccc3oc(=O)ccc3c2)cc1)c1ccc(OC(C)=O)cc1. The Morgan fingerprint density at radius 3 is 2.11 bits per heavy atom. The molecular formula is C31H30O7. The number of hydrogen-bond donors (Lipinski definition) is 0. The Bertz CT molecular complexity index is 1450. The molecule has 7 nitrogen and oxygen atoms in total. The first-order valence-electron chi connectivity index (χ1n) is 12.6. The highest BCUT2D eigenvalue weighted by molar-refractivity contribution is 5.78. The standard InChI is InChI=1S/C31H30O7/c1-4-22(24-7-12-26(13-8-24)36-21(3)32)17-20(2)23-5-10-27(11-6-23)37-31(34)19-35-28-14-15-29-25(18-28)9-16-30(33)38-29/h5-16,18,20,22H,4,17,19H2,1-3H3. The molecule has 4 aromatic rings. The van der Waals surface area contributed by atoms with Crippen molar-refractivity contribution in [1.82, 2.24) is 0 Å². The van der Waals surface area contributed by atoms with Gasteiger partial charge in [-0.05, 0) is 84.3 Å². The van der Waals surface area contributed by atoms with Crippen molar-refractivity contribution in [3.63, 3.8) is 0 Å². The van der Waals surface area contributed by atoms with Gasteiger partial charge in [0.1, 0.15) is 22.8 Å². The summed E-state index contributed by atoms with van der Waals surface area (Å²) in [6.45, 7) is 5.48. The van der Waals surface area contributed by atoms with Gasteiger partial charge in [-0.3, -0.25) is 4.79 Å². The monoisotopic (exact) mass is 514 g/mol. The molecule has 1 aromatic heterocycles. The molecule has 196 valence electrons. The molecule has 0 spiro atoms. The van der Waals surface area contributed by atoms with Crippen molar-refractivity contribution < 1.29 is 28.2 Å². The van der Waals surface area contributed by atoms with E-state index in [2.05, 4.69) is 13.8 Å². The minimum Gasteiger partial charge on any atom is -0.482 e. The van der Waals surface area contributed by atoms with Crippen molar-refractivity contribution in [3.8, 4) is 17.2 Å². The van der Waals surface area contributed by atoms with Gasteiger partial charge in [0.25, 0.3) is 0 Å². The minimum absolute atomic E-state index is 0.255. The van der Waals surface area contributed by atoms with Crippen molar-refractivity contribution in [3.05, 3.63) is 100 Å². The Hall–Kier alpha value is -4.39. The van der Waals surface area contributed by atoms with Crippen LogP contribution in [0.4, 0.5) is 0 Å². The highest BCUT2D eigenvalue weighted by Gasteiger charge is 2.16. The Morgan fingerprint density at radius 1 is 0.816 bits per heavy atom. The van der Waals surface area contributed by atoms with E-state index in [1.54, 1.807) is 36.4 Å². The first-order valence-corrected chi connectivity index (χ1v) is 12.6. The second-order valence-electron chi connectivity index (χ2n) is 9.19. The van der Waals surface area contributed by atoms with Crippen LogP contribution in [0.5, 0.6) is 17.2 Å². The van der Waals surface area contributed by atoms with Crippen LogP contribution in [0, 0.1) is 0 Å². The number of carbonyl (C=O) groups excluding carboxylic acids is 2. The molecule has 0 bridgehead atoms. The van der Waals surface area contributed by atoms with E-state index in [1.807, 2.05) is 36.4 Å². The van der Waals surface area contributed by atoms with Gasteiger partial charge in [-0.1, -0.05) is 38.1 Å². The van der Waals surface area contributed by atoms with Crippen LogP contribution < -0.4 is 19.8 Å². The Balaban J connectivity index is 1.30. The molecule has 3 aromatic carbocycles. The summed E-state index contributed by atoms with van der Waals surface area (Å²) in [7, 11) is 0. The molecule has 38 heavy (non-hydrogen) atoms. The van der Waals surface area contributed by atoms with Gasteiger partial charge in [0.15, 0.2) is 6.61 Å². The third-order valence-electron chi connectivity index (χ3n) is 6.37. The summed E-state index contributed by atoms with van der Waals surface area (Å²) in [5.41, 5.74) is 2.38. The molecule has 2 unspecified atom stereocenters. The van der Waals surface area contributed by atoms with E-state index < -0.39 is 11.6 Å². The summed E-state index contributed by atoms with van der Waals surface area (Å²) in [5.74, 6) is 1.26. The molecule has 0 aliphatic carbocycles. The van der Waals surface area contributed by atoms with Gasteiger partial charge in [0.2, 0.25) is 0 Å². The fraction of sp³-hybridized carbons (Fsp3) is 0.258. The predicted octanol–water partition coefficient (Wildman–Crippen LogP) is 6.39. The zero-order valence-electron chi connectivity index (χ0n) is 21.6. The molecule has 4 rings (SSSR count). The maximum Gasteiger partial charge on any atom is 0.349 e. The van der Waals surface area contributed by atoms with E-state index in [4.69, 9.17) is 18.6 Å². The minimum atomic E-state index is -0.520. The molecule has 0 aliphatic rings. The topological polar surface area (TPSA) is 92.0 Å². The summed E-state index contributed by atoms with van der Waals surface area (Å²) < 4.78 is 21.2. The van der Waals surface area contributed by atoms with Crippen LogP contribution in [0.1, 0.15) is 56.6 Å². The van der Waals surface area contributed by atoms with Crippen LogP contribution in [0.25, 0.3) is 11.0 Å². The van der Waals surface area contributed by atoms with Crippen LogP contribution in [0.15, 0.2) is 88.1 Å². The number of ether oxygens (including phenoxy) is 3. The van der Waals surface area contributed by atoms with Gasteiger partial charge < -0.3 is 18.6 Å². The first kappa shape index (κ1) is 26.7. The van der Waals surface area contributed by atoms with Gasteiger partial charge in [0.05, 0.1) is 0 Å². The number of fused-ring (bicyclic) bond motifs is 1. The van der Waals surface area contributed by atoms with Crippen LogP contribution in [0.2, 0.25) is 0 Å². The van der Waals surface area contributed by atoms with E-state index >= 15 is 0 Å². The molecule has 1 heterocycles. The van der Waals surface area contributed by atoms with Crippen molar-refractivity contribution in [2.45, 2.75) is 45.4 Å². The third-order valence-corrected chi connectivity index (χ3v) is 6.37. The summed E-state index contributed by atoms with van der Waals surface area (Å²) in [5, 5.41) is 0.699. The van der Waals surface area contributed by atoms with Gasteiger partial charge in [0, 0.05) is 18.4 Å². The van der Waals surface area contributed by atoms with Gasteiger partial charge in [-0.15, -0.1) is 0 Å². The molecule has 0 fully saturated rings. The van der Waals surface area contributed by atoms with E-state index in [-0.39, 0.29) is 12.6 Å². The van der Waals surface area contributed by atoms with Crippen LogP contribution in [-0.4, -0.2) is 18.5 Å². The number of hydrogen-bond acceptors (Lipinski definition) is 7. The smallest absolute Gasteiger partial charge is 0.349 e. The highest BCUT2D eigenvalue weighted by Crippen LogP contribution is 2.33. The van der Waals surface area contributed by atoms with Crippen LogP contribution in [-0.2, 0) is 9.59 Å². The Morgan fingerprint density at radius 2 is 1.45 bits per heavy atom. The second-order valence-corrected chi connectivity index (χ2v) is 9.19. The largest absolute Gasteiger partial charge is 0.482 e. The fourth-order valence-corrected chi connectivity index (χ4v) is 4.38. The molecule has 0 aliphatic heterocycles. The average molecular weight is 515 g/mol. The van der Waals surface area contributed by atoms with E-state index in [0.29, 0.717) is 40.1 Å². The van der Waals surface area contributed by atoms with Gasteiger partial charge in [-0.25, -0.2) is 9.59 Å². The van der Waals surface area contributed by atoms with Gasteiger partial charge in [-0.2, -0.15) is 0 Å². The third kappa shape index (κ3) is 7.09. The number of benzene rings is 3. The quantitative estimate of drug-likeness (QED) is 0.138. The zero-order chi connectivity index (χ0) is 27.1.